The first kappa shape index (κ1) is 15.4. The number of halogens is 1. The summed E-state index contributed by atoms with van der Waals surface area (Å²) in [6.45, 7) is 6.00. The van der Waals surface area contributed by atoms with E-state index < -0.39 is 0 Å². The van der Waals surface area contributed by atoms with Gasteiger partial charge in [0.1, 0.15) is 0 Å². The molecule has 5 heteroatoms. The molecule has 4 atom stereocenters. The van der Waals surface area contributed by atoms with Crippen LogP contribution in [0.25, 0.3) is 0 Å². The zero-order valence-electron chi connectivity index (χ0n) is 11.6. The third-order valence-corrected chi connectivity index (χ3v) is 5.80. The standard InChI is InChI=1S/C14H23BrN2OS/c1-3-10(16)14(12-4-5-13(15)19-12)17-7-6-9(2)11(18)8-17/h4-5,9-11,14,18H,3,6-8,16H2,1-2H3. The first-order chi connectivity index (χ1) is 9.02. The molecule has 1 aromatic rings. The molecule has 0 saturated carbocycles. The Bertz CT molecular complexity index is 412. The van der Waals surface area contributed by atoms with Crippen LogP contribution >= 0.6 is 27.3 Å². The second kappa shape index (κ2) is 6.68. The van der Waals surface area contributed by atoms with Crippen LogP contribution in [0.4, 0.5) is 0 Å². The van der Waals surface area contributed by atoms with E-state index in [4.69, 9.17) is 5.73 Å². The Kier molecular flexibility index (Phi) is 5.43. The van der Waals surface area contributed by atoms with Crippen LogP contribution in [0.5, 0.6) is 0 Å². The fraction of sp³-hybridized carbons (Fsp3) is 0.714. The molecule has 3 nitrogen and oxygen atoms in total. The fourth-order valence-corrected chi connectivity index (χ4v) is 4.33. The van der Waals surface area contributed by atoms with E-state index in [2.05, 4.69) is 46.8 Å². The van der Waals surface area contributed by atoms with Gasteiger partial charge in [0.2, 0.25) is 0 Å². The molecule has 4 unspecified atom stereocenters. The van der Waals surface area contributed by atoms with Crippen molar-refractivity contribution in [1.82, 2.24) is 4.90 Å². The van der Waals surface area contributed by atoms with Crippen LogP contribution in [-0.2, 0) is 0 Å². The Hall–Kier alpha value is 0.0600. The molecule has 0 bridgehead atoms. The zero-order valence-corrected chi connectivity index (χ0v) is 14.0. The summed E-state index contributed by atoms with van der Waals surface area (Å²) in [6.07, 6.45) is 1.76. The summed E-state index contributed by atoms with van der Waals surface area (Å²) in [5.74, 6) is 0.393. The number of β-amino-alcohol motifs (C(OH)–C–C–N with tert-alkyl or cyclic N) is 1. The smallest absolute Gasteiger partial charge is 0.0702 e. The van der Waals surface area contributed by atoms with Crippen molar-refractivity contribution in [3.8, 4) is 0 Å². The van der Waals surface area contributed by atoms with Crippen molar-refractivity contribution in [3.63, 3.8) is 0 Å². The maximum Gasteiger partial charge on any atom is 0.0702 e. The van der Waals surface area contributed by atoms with Gasteiger partial charge >= 0.3 is 0 Å². The average Bonchev–Trinajstić information content (AvgIpc) is 2.80. The predicted octanol–water partition coefficient (Wildman–Crippen LogP) is 2.99. The average molecular weight is 347 g/mol. The maximum absolute atomic E-state index is 10.1. The number of piperidine rings is 1. The van der Waals surface area contributed by atoms with Gasteiger partial charge in [0, 0.05) is 17.5 Å². The van der Waals surface area contributed by atoms with Crippen LogP contribution in [0.1, 0.15) is 37.6 Å². The monoisotopic (exact) mass is 346 g/mol. The molecular weight excluding hydrogens is 324 g/mol. The normalized spacial score (nSPS) is 28.3. The first-order valence-electron chi connectivity index (χ1n) is 6.95. The number of rotatable bonds is 4. The molecule has 1 aliphatic heterocycles. The molecule has 3 N–H and O–H groups in total. The molecule has 1 fully saturated rings. The van der Waals surface area contributed by atoms with Crippen molar-refractivity contribution in [2.45, 2.75) is 44.9 Å². The molecule has 0 radical (unpaired) electrons. The molecule has 0 aromatic carbocycles. The summed E-state index contributed by atoms with van der Waals surface area (Å²) in [7, 11) is 0. The van der Waals surface area contributed by atoms with Gasteiger partial charge in [0.25, 0.3) is 0 Å². The number of likely N-dealkylation sites (tertiary alicyclic amines) is 1. The highest BCUT2D eigenvalue weighted by atomic mass is 79.9. The molecule has 0 amide bonds. The summed E-state index contributed by atoms with van der Waals surface area (Å²) in [5.41, 5.74) is 6.34. The molecule has 0 aliphatic carbocycles. The number of thiophene rings is 1. The van der Waals surface area contributed by atoms with Crippen LogP contribution in [0, 0.1) is 5.92 Å². The highest BCUT2D eigenvalue weighted by Crippen LogP contribution is 2.35. The topological polar surface area (TPSA) is 49.5 Å². The number of hydrogen-bond acceptors (Lipinski definition) is 4. The summed E-state index contributed by atoms with van der Waals surface area (Å²) in [4.78, 5) is 3.65. The zero-order chi connectivity index (χ0) is 14.0. The van der Waals surface area contributed by atoms with Gasteiger partial charge in [-0.25, -0.2) is 0 Å². The third-order valence-electron chi connectivity index (χ3n) is 4.11. The van der Waals surface area contributed by atoms with Gasteiger partial charge in [0.05, 0.1) is 15.9 Å². The lowest BCUT2D eigenvalue weighted by molar-refractivity contribution is 0.00471. The maximum atomic E-state index is 10.1. The van der Waals surface area contributed by atoms with Gasteiger partial charge in [-0.15, -0.1) is 11.3 Å². The molecule has 0 spiro atoms. The minimum absolute atomic E-state index is 0.117. The van der Waals surface area contributed by atoms with E-state index in [-0.39, 0.29) is 18.2 Å². The van der Waals surface area contributed by atoms with Crippen LogP contribution in [0.3, 0.4) is 0 Å². The molecule has 1 aromatic heterocycles. The van der Waals surface area contributed by atoms with Gasteiger partial charge in [-0.1, -0.05) is 13.8 Å². The van der Waals surface area contributed by atoms with E-state index in [0.29, 0.717) is 5.92 Å². The number of hydrogen-bond donors (Lipinski definition) is 2. The molecule has 1 saturated heterocycles. The van der Waals surface area contributed by atoms with Crippen LogP contribution < -0.4 is 5.73 Å². The van der Waals surface area contributed by atoms with Crippen molar-refractivity contribution in [1.29, 1.82) is 0 Å². The van der Waals surface area contributed by atoms with E-state index in [1.165, 1.54) is 4.88 Å². The van der Waals surface area contributed by atoms with Crippen LogP contribution in [0.15, 0.2) is 15.9 Å². The molecule has 2 rings (SSSR count). The second-order valence-electron chi connectivity index (χ2n) is 5.49. The Balaban J connectivity index is 2.18. The predicted molar refractivity (Wildman–Crippen MR) is 84.4 cm³/mol. The van der Waals surface area contributed by atoms with Gasteiger partial charge in [-0.05, 0) is 53.4 Å². The summed E-state index contributed by atoms with van der Waals surface area (Å²) >= 11 is 5.28. The Morgan fingerprint density at radius 3 is 2.84 bits per heavy atom. The summed E-state index contributed by atoms with van der Waals surface area (Å²) < 4.78 is 1.14. The first-order valence-corrected chi connectivity index (χ1v) is 8.56. The van der Waals surface area contributed by atoms with Gasteiger partial charge in [-0.3, -0.25) is 4.90 Å². The minimum atomic E-state index is -0.233. The number of nitrogens with two attached hydrogens (primary N) is 1. The van der Waals surface area contributed by atoms with Crippen molar-refractivity contribution in [3.05, 3.63) is 20.8 Å². The molecule has 19 heavy (non-hydrogen) atoms. The van der Waals surface area contributed by atoms with E-state index >= 15 is 0 Å². The largest absolute Gasteiger partial charge is 0.392 e. The Morgan fingerprint density at radius 1 is 1.58 bits per heavy atom. The Labute approximate surface area is 127 Å². The van der Waals surface area contributed by atoms with Crippen molar-refractivity contribution in [2.24, 2.45) is 11.7 Å². The van der Waals surface area contributed by atoms with E-state index in [9.17, 15) is 5.11 Å². The lowest BCUT2D eigenvalue weighted by Gasteiger charge is -2.41. The molecule has 108 valence electrons. The second-order valence-corrected chi connectivity index (χ2v) is 7.98. The number of nitrogens with zero attached hydrogens (tertiary/aromatic N) is 1. The highest BCUT2D eigenvalue weighted by molar-refractivity contribution is 9.11. The highest BCUT2D eigenvalue weighted by Gasteiger charge is 2.33. The SMILES string of the molecule is CCC(N)C(c1ccc(Br)s1)N1CCC(C)C(O)C1. The van der Waals surface area contributed by atoms with E-state index in [1.807, 2.05) is 0 Å². The quantitative estimate of drug-likeness (QED) is 0.880. The molecule has 2 heterocycles. The summed E-state index contributed by atoms with van der Waals surface area (Å²) in [6, 6.07) is 4.58. The minimum Gasteiger partial charge on any atom is -0.392 e. The molecular formula is C14H23BrN2OS. The number of aliphatic hydroxyl groups excluding tert-OH is 1. The van der Waals surface area contributed by atoms with Crippen molar-refractivity contribution < 1.29 is 5.11 Å². The van der Waals surface area contributed by atoms with E-state index in [1.54, 1.807) is 11.3 Å². The Morgan fingerprint density at radius 2 is 2.32 bits per heavy atom. The van der Waals surface area contributed by atoms with Gasteiger partial charge < -0.3 is 10.8 Å². The van der Waals surface area contributed by atoms with Crippen LogP contribution in [-0.4, -0.2) is 35.2 Å². The van der Waals surface area contributed by atoms with E-state index in [0.717, 1.165) is 29.7 Å². The third kappa shape index (κ3) is 3.58. The lowest BCUT2D eigenvalue weighted by atomic mass is 9.92. The van der Waals surface area contributed by atoms with Crippen LogP contribution in [0.2, 0.25) is 0 Å². The van der Waals surface area contributed by atoms with Gasteiger partial charge in [0.15, 0.2) is 0 Å². The summed E-state index contributed by atoms with van der Waals surface area (Å²) in [5, 5.41) is 10.1. The number of aliphatic hydroxyl groups is 1. The molecule has 1 aliphatic rings. The fourth-order valence-electron chi connectivity index (χ4n) is 2.70. The van der Waals surface area contributed by atoms with Crippen molar-refractivity contribution >= 4 is 27.3 Å². The lowest BCUT2D eigenvalue weighted by Crippen LogP contribution is -2.49. The van der Waals surface area contributed by atoms with Crippen molar-refractivity contribution in [2.75, 3.05) is 13.1 Å². The van der Waals surface area contributed by atoms with Gasteiger partial charge in [-0.2, -0.15) is 0 Å².